The zero-order valence-electron chi connectivity index (χ0n) is 19.2. The number of amides is 2. The molecule has 0 aromatic heterocycles. The number of hydrogen-bond donors (Lipinski definition) is 5. The van der Waals surface area contributed by atoms with E-state index in [0.717, 1.165) is 6.42 Å². The van der Waals surface area contributed by atoms with E-state index in [1.54, 1.807) is 11.8 Å². The number of likely N-dealkylation sites (N-methyl/N-ethyl adjacent to an activating group) is 1. The fraction of sp³-hybridized carbons (Fsp3) is 0.773. The average molecular weight is 483 g/mol. The second-order valence-electron chi connectivity index (χ2n) is 9.65. The van der Waals surface area contributed by atoms with Crippen molar-refractivity contribution in [3.05, 3.63) is 10.6 Å². The number of hydrogen-bond acceptors (Lipinski definition) is 8. The van der Waals surface area contributed by atoms with E-state index in [-0.39, 0.29) is 47.2 Å². The van der Waals surface area contributed by atoms with Crippen molar-refractivity contribution in [3.8, 4) is 0 Å². The summed E-state index contributed by atoms with van der Waals surface area (Å²) in [4.78, 5) is 40.8. The highest BCUT2D eigenvalue weighted by Gasteiger charge is 2.60. The number of nitrogens with one attached hydrogen (secondary N) is 2. The number of aliphatic carboxylic acids is 1. The number of rotatable bonds is 8. The number of aliphatic hydroxyl groups is 2. The molecule has 4 heterocycles. The standard InChI is InChI=1S/C22H34N4O6S/c1-10-18-17(11(2)27)21(30)26(18)19(22(31)32)20(10)33-13-6-14(24-8-13)15(28)7-16(29)25-5-4-12(9-25)23-3/h10-15,17-18,23-24,27-28H,4-9H2,1-3H3,(H,31,32)/t10-,11-,12+,13+,14+,15+,17-,18-/m1/s1. The highest BCUT2D eigenvalue weighted by Crippen LogP contribution is 2.51. The third kappa shape index (κ3) is 4.41. The monoisotopic (exact) mass is 482 g/mol. The molecule has 0 spiro atoms. The number of nitrogens with zero attached hydrogens (tertiary/aromatic N) is 2. The van der Waals surface area contributed by atoms with Gasteiger partial charge in [-0.05, 0) is 26.8 Å². The molecular weight excluding hydrogens is 448 g/mol. The molecular formula is C22H34N4O6S. The number of carboxylic acids is 1. The van der Waals surface area contributed by atoms with E-state index in [2.05, 4.69) is 10.6 Å². The van der Waals surface area contributed by atoms with Gasteiger partial charge in [-0.15, -0.1) is 11.8 Å². The molecule has 0 aromatic carbocycles. The van der Waals surface area contributed by atoms with Gasteiger partial charge in [-0.1, -0.05) is 6.92 Å². The summed E-state index contributed by atoms with van der Waals surface area (Å²) in [6.07, 6.45) is -0.0730. The zero-order valence-corrected chi connectivity index (χ0v) is 20.0. The highest BCUT2D eigenvalue weighted by atomic mass is 32.2. The van der Waals surface area contributed by atoms with E-state index in [0.29, 0.717) is 37.0 Å². The van der Waals surface area contributed by atoms with Crippen molar-refractivity contribution in [3.63, 3.8) is 0 Å². The van der Waals surface area contributed by atoms with Gasteiger partial charge in [-0.2, -0.15) is 0 Å². The molecule has 3 saturated heterocycles. The van der Waals surface area contributed by atoms with Crippen LogP contribution in [0.3, 0.4) is 0 Å². The summed E-state index contributed by atoms with van der Waals surface area (Å²) in [5.41, 5.74) is 0.0201. The van der Waals surface area contributed by atoms with Gasteiger partial charge < -0.3 is 35.8 Å². The second kappa shape index (κ2) is 9.53. The summed E-state index contributed by atoms with van der Waals surface area (Å²) in [6.45, 7) is 5.40. The first-order chi connectivity index (χ1) is 15.6. The Hall–Kier alpha value is -1.66. The zero-order chi connectivity index (χ0) is 24.0. The Morgan fingerprint density at radius 1 is 1.33 bits per heavy atom. The van der Waals surface area contributed by atoms with Gasteiger partial charge in [-0.3, -0.25) is 9.59 Å². The number of aliphatic hydroxyl groups excluding tert-OH is 2. The van der Waals surface area contributed by atoms with E-state index in [1.807, 2.05) is 14.0 Å². The molecule has 3 fully saturated rings. The van der Waals surface area contributed by atoms with Crippen LogP contribution in [0, 0.1) is 11.8 Å². The van der Waals surface area contributed by atoms with Crippen LogP contribution in [0.2, 0.25) is 0 Å². The normalized spacial score (nSPS) is 35.6. The Kier molecular flexibility index (Phi) is 7.07. The molecule has 8 atom stereocenters. The number of carbonyl (C=O) groups excluding carboxylic acids is 2. The van der Waals surface area contributed by atoms with Crippen LogP contribution in [0.5, 0.6) is 0 Å². The van der Waals surface area contributed by atoms with Crippen molar-refractivity contribution in [1.82, 2.24) is 20.4 Å². The summed E-state index contributed by atoms with van der Waals surface area (Å²) in [5, 5.41) is 36.9. The summed E-state index contributed by atoms with van der Waals surface area (Å²) >= 11 is 1.44. The van der Waals surface area contributed by atoms with E-state index < -0.39 is 24.1 Å². The smallest absolute Gasteiger partial charge is 0.353 e. The maximum absolute atomic E-state index is 12.6. The maximum atomic E-state index is 12.6. The lowest BCUT2D eigenvalue weighted by Gasteiger charge is -2.46. The summed E-state index contributed by atoms with van der Waals surface area (Å²) in [5.74, 6) is -2.29. The average Bonchev–Trinajstić information content (AvgIpc) is 3.46. The van der Waals surface area contributed by atoms with Crippen LogP contribution in [-0.2, 0) is 14.4 Å². The second-order valence-corrected chi connectivity index (χ2v) is 11.0. The Morgan fingerprint density at radius 2 is 2.06 bits per heavy atom. The first-order valence-corrected chi connectivity index (χ1v) is 12.5. The third-order valence-electron chi connectivity index (χ3n) is 7.53. The van der Waals surface area contributed by atoms with E-state index in [1.165, 1.54) is 16.7 Å². The summed E-state index contributed by atoms with van der Waals surface area (Å²) < 4.78 is 0. The van der Waals surface area contributed by atoms with Crippen LogP contribution in [0.25, 0.3) is 0 Å². The van der Waals surface area contributed by atoms with Gasteiger partial charge >= 0.3 is 5.97 Å². The van der Waals surface area contributed by atoms with Gasteiger partial charge in [0.15, 0.2) is 0 Å². The molecule has 0 radical (unpaired) electrons. The van der Waals surface area contributed by atoms with E-state index in [4.69, 9.17) is 0 Å². The van der Waals surface area contributed by atoms with Crippen molar-refractivity contribution in [2.45, 2.75) is 68.7 Å². The minimum absolute atomic E-state index is 0.0193. The van der Waals surface area contributed by atoms with Crippen molar-refractivity contribution >= 4 is 29.5 Å². The van der Waals surface area contributed by atoms with Crippen LogP contribution < -0.4 is 10.6 Å². The third-order valence-corrected chi connectivity index (χ3v) is 9.04. The fourth-order valence-corrected chi connectivity index (χ4v) is 7.14. The predicted octanol–water partition coefficient (Wildman–Crippen LogP) is -0.825. The van der Waals surface area contributed by atoms with Crippen molar-refractivity contribution < 1.29 is 29.7 Å². The Bertz CT molecular complexity index is 851. The molecule has 0 saturated carbocycles. The largest absolute Gasteiger partial charge is 0.477 e. The van der Waals surface area contributed by atoms with Crippen LogP contribution in [0.15, 0.2) is 10.6 Å². The highest BCUT2D eigenvalue weighted by molar-refractivity contribution is 8.03. The molecule has 0 aromatic rings. The van der Waals surface area contributed by atoms with Crippen LogP contribution in [0.4, 0.5) is 0 Å². The minimum atomic E-state index is -1.14. The number of likely N-dealkylation sites (tertiary alicyclic amines) is 1. The fourth-order valence-electron chi connectivity index (χ4n) is 5.65. The first-order valence-electron chi connectivity index (χ1n) is 11.7. The predicted molar refractivity (Wildman–Crippen MR) is 122 cm³/mol. The molecule has 33 heavy (non-hydrogen) atoms. The molecule has 5 N–H and O–H groups in total. The number of carbonyl (C=O) groups is 3. The van der Waals surface area contributed by atoms with Gasteiger partial charge in [-0.25, -0.2) is 4.79 Å². The lowest BCUT2D eigenvalue weighted by molar-refractivity contribution is -0.163. The number of β-lactam (4-membered cyclic amide) rings is 1. The van der Waals surface area contributed by atoms with E-state index >= 15 is 0 Å². The minimum Gasteiger partial charge on any atom is -0.477 e. The lowest BCUT2D eigenvalue weighted by Crippen LogP contribution is -2.63. The summed E-state index contributed by atoms with van der Waals surface area (Å²) in [6, 6.07) is -0.280. The quantitative estimate of drug-likeness (QED) is 0.280. The van der Waals surface area contributed by atoms with E-state index in [9.17, 15) is 29.7 Å². The SMILES string of the molecule is CN[C@H]1CCN(C(=O)C[C@H](O)[C@@H]2C[C@H](SC3=C(C(=O)O)N4C(=O)[C@H]([C@@H](C)O)[C@H]4[C@H]3C)CN2)C1. The van der Waals surface area contributed by atoms with Gasteiger partial charge in [0, 0.05) is 47.8 Å². The molecule has 4 aliphatic rings. The molecule has 0 aliphatic carbocycles. The first kappa shape index (κ1) is 24.5. The van der Waals surface area contributed by atoms with Gasteiger partial charge in [0.1, 0.15) is 5.70 Å². The number of fused-ring (bicyclic) bond motifs is 1. The maximum Gasteiger partial charge on any atom is 0.353 e. The van der Waals surface area contributed by atoms with Crippen LogP contribution in [0.1, 0.15) is 33.1 Å². The van der Waals surface area contributed by atoms with Crippen molar-refractivity contribution in [1.29, 1.82) is 0 Å². The van der Waals surface area contributed by atoms with Gasteiger partial charge in [0.25, 0.3) is 0 Å². The Morgan fingerprint density at radius 3 is 2.67 bits per heavy atom. The topological polar surface area (TPSA) is 142 Å². The molecule has 4 aliphatic heterocycles. The number of carboxylic acid groups (broad SMARTS) is 1. The number of thioether (sulfide) groups is 1. The Labute approximate surface area is 197 Å². The molecule has 0 bridgehead atoms. The molecule has 0 unspecified atom stereocenters. The van der Waals surface area contributed by atoms with Crippen molar-refractivity contribution in [2.24, 2.45) is 11.8 Å². The summed E-state index contributed by atoms with van der Waals surface area (Å²) in [7, 11) is 1.88. The molecule has 2 amide bonds. The molecule has 10 nitrogen and oxygen atoms in total. The van der Waals surface area contributed by atoms with Gasteiger partial charge in [0.2, 0.25) is 11.8 Å². The Balaban J connectivity index is 1.36. The molecule has 4 rings (SSSR count). The molecule has 184 valence electrons. The van der Waals surface area contributed by atoms with Crippen LogP contribution >= 0.6 is 11.8 Å². The van der Waals surface area contributed by atoms with Crippen molar-refractivity contribution in [2.75, 3.05) is 26.7 Å². The van der Waals surface area contributed by atoms with Gasteiger partial charge in [0.05, 0.1) is 30.6 Å². The molecule has 11 heteroatoms. The van der Waals surface area contributed by atoms with Crippen LogP contribution in [-0.4, -0.2) is 105 Å². The lowest BCUT2D eigenvalue weighted by atomic mass is 9.79.